The highest BCUT2D eigenvalue weighted by Gasteiger charge is 2.16. The second kappa shape index (κ2) is 8.61. The van der Waals surface area contributed by atoms with Crippen molar-refractivity contribution in [2.45, 2.75) is 17.5 Å². The Hall–Kier alpha value is -3.27. The monoisotopic (exact) mass is 401 g/mol. The molecule has 0 unspecified atom stereocenters. The fourth-order valence-electron chi connectivity index (χ4n) is 2.48. The van der Waals surface area contributed by atoms with Crippen LogP contribution >= 0.6 is 11.8 Å². The number of hydrogen-bond donors (Lipinski definition) is 1. The van der Waals surface area contributed by atoms with Crippen molar-refractivity contribution in [1.82, 2.24) is 20.1 Å². The van der Waals surface area contributed by atoms with Crippen molar-refractivity contribution in [3.63, 3.8) is 0 Å². The van der Waals surface area contributed by atoms with Crippen LogP contribution in [0.2, 0.25) is 0 Å². The molecule has 3 aromatic rings. The van der Waals surface area contributed by atoms with Gasteiger partial charge in [-0.2, -0.15) is 0 Å². The second-order valence-electron chi connectivity index (χ2n) is 5.79. The van der Waals surface area contributed by atoms with Gasteiger partial charge in [0.25, 0.3) is 11.6 Å². The Morgan fingerprint density at radius 3 is 2.68 bits per heavy atom. The van der Waals surface area contributed by atoms with E-state index >= 15 is 0 Å². The molecule has 0 radical (unpaired) electrons. The van der Waals surface area contributed by atoms with E-state index in [0.29, 0.717) is 22.3 Å². The summed E-state index contributed by atoms with van der Waals surface area (Å²) in [6.07, 6.45) is 0. The molecule has 1 amide bonds. The first-order chi connectivity index (χ1) is 13.5. The molecule has 1 N–H and O–H groups in total. The Balaban J connectivity index is 1.64. The highest BCUT2D eigenvalue weighted by molar-refractivity contribution is 7.98. The third kappa shape index (κ3) is 4.34. The minimum absolute atomic E-state index is 0.0457. The Bertz CT molecular complexity index is 1020. The lowest BCUT2D eigenvalue weighted by atomic mass is 10.2. The van der Waals surface area contributed by atoms with E-state index < -0.39 is 16.6 Å². The molecule has 8 nitrogen and oxygen atoms in total. The lowest BCUT2D eigenvalue weighted by Crippen LogP contribution is -2.25. The van der Waals surface area contributed by atoms with Crippen LogP contribution in [0.1, 0.15) is 21.7 Å². The summed E-state index contributed by atoms with van der Waals surface area (Å²) in [5.74, 6) is -0.311. The van der Waals surface area contributed by atoms with Gasteiger partial charge in [-0.1, -0.05) is 42.1 Å². The lowest BCUT2D eigenvalue weighted by molar-refractivity contribution is -0.385. The number of nitrogens with zero attached hydrogens (tertiary/aromatic N) is 4. The third-order valence-electron chi connectivity index (χ3n) is 4.00. The van der Waals surface area contributed by atoms with Crippen LogP contribution in [0.15, 0.2) is 53.7 Å². The number of para-hydroxylation sites is 1. The molecular formula is C18H16FN5O3S. The van der Waals surface area contributed by atoms with Crippen molar-refractivity contribution in [1.29, 1.82) is 0 Å². The average molecular weight is 401 g/mol. The van der Waals surface area contributed by atoms with E-state index in [1.54, 1.807) is 35.9 Å². The third-order valence-corrected chi connectivity index (χ3v) is 5.06. The normalized spacial score (nSPS) is 10.6. The number of benzene rings is 2. The van der Waals surface area contributed by atoms with E-state index in [2.05, 4.69) is 15.5 Å². The van der Waals surface area contributed by atoms with Crippen LogP contribution in [-0.4, -0.2) is 25.6 Å². The topological polar surface area (TPSA) is 103 Å². The van der Waals surface area contributed by atoms with Crippen LogP contribution in [0.5, 0.6) is 0 Å². The van der Waals surface area contributed by atoms with Crippen molar-refractivity contribution in [2.24, 2.45) is 7.05 Å². The SMILES string of the molecule is Cn1c(CNC(=O)c2ccccc2F)nnc1SCc1ccccc1[N+](=O)[O-]. The standard InChI is InChI=1S/C18H16FN5O3S/c1-23-16(10-20-17(25)13-7-3-4-8-14(13)19)21-22-18(23)28-11-12-6-2-5-9-15(12)24(26)27/h2-9H,10-11H2,1H3,(H,20,25). The van der Waals surface area contributed by atoms with Crippen molar-refractivity contribution in [3.8, 4) is 0 Å². The Morgan fingerprint density at radius 1 is 1.21 bits per heavy atom. The number of nitrogens with one attached hydrogen (secondary N) is 1. The van der Waals surface area contributed by atoms with Gasteiger partial charge in [0.15, 0.2) is 11.0 Å². The predicted molar refractivity (Wildman–Crippen MR) is 101 cm³/mol. The van der Waals surface area contributed by atoms with E-state index in [4.69, 9.17) is 0 Å². The molecule has 1 aromatic heterocycles. The lowest BCUT2D eigenvalue weighted by Gasteiger charge is -2.07. The van der Waals surface area contributed by atoms with Gasteiger partial charge >= 0.3 is 0 Å². The quantitative estimate of drug-likeness (QED) is 0.371. The molecular weight excluding hydrogens is 385 g/mol. The smallest absolute Gasteiger partial charge is 0.273 e. The zero-order valence-electron chi connectivity index (χ0n) is 14.8. The maximum Gasteiger partial charge on any atom is 0.273 e. The van der Waals surface area contributed by atoms with Gasteiger partial charge in [0.2, 0.25) is 0 Å². The maximum absolute atomic E-state index is 13.7. The molecule has 0 bridgehead atoms. The molecule has 144 valence electrons. The molecule has 0 fully saturated rings. The number of rotatable bonds is 7. The molecule has 0 saturated carbocycles. The maximum atomic E-state index is 13.7. The summed E-state index contributed by atoms with van der Waals surface area (Å²) < 4.78 is 15.3. The summed E-state index contributed by atoms with van der Waals surface area (Å²) in [7, 11) is 1.73. The number of amides is 1. The number of aromatic nitrogens is 3. The van der Waals surface area contributed by atoms with Crippen molar-refractivity contribution < 1.29 is 14.1 Å². The molecule has 0 spiro atoms. The van der Waals surface area contributed by atoms with Gasteiger partial charge in [-0.3, -0.25) is 14.9 Å². The molecule has 10 heteroatoms. The number of carbonyl (C=O) groups is 1. The molecule has 0 aliphatic heterocycles. The average Bonchev–Trinajstić information content (AvgIpc) is 3.04. The number of hydrogen-bond acceptors (Lipinski definition) is 6. The minimum Gasteiger partial charge on any atom is -0.345 e. The zero-order valence-corrected chi connectivity index (χ0v) is 15.6. The van der Waals surface area contributed by atoms with Crippen molar-refractivity contribution >= 4 is 23.4 Å². The number of halogens is 1. The number of nitro benzene ring substituents is 1. The van der Waals surface area contributed by atoms with Crippen LogP contribution in [0.4, 0.5) is 10.1 Å². The van der Waals surface area contributed by atoms with Crippen LogP contribution in [-0.2, 0) is 19.3 Å². The van der Waals surface area contributed by atoms with Gasteiger partial charge in [-0.25, -0.2) is 4.39 Å². The predicted octanol–water partition coefficient (Wildman–Crippen LogP) is 3.08. The van der Waals surface area contributed by atoms with E-state index in [1.807, 2.05) is 0 Å². The fraction of sp³-hybridized carbons (Fsp3) is 0.167. The molecule has 0 atom stereocenters. The highest BCUT2D eigenvalue weighted by atomic mass is 32.2. The van der Waals surface area contributed by atoms with Crippen LogP contribution in [0, 0.1) is 15.9 Å². The van der Waals surface area contributed by atoms with E-state index in [-0.39, 0.29) is 17.8 Å². The van der Waals surface area contributed by atoms with Gasteiger partial charge < -0.3 is 9.88 Å². The van der Waals surface area contributed by atoms with Gasteiger partial charge in [-0.05, 0) is 12.1 Å². The van der Waals surface area contributed by atoms with Crippen molar-refractivity contribution in [2.75, 3.05) is 0 Å². The fourth-order valence-corrected chi connectivity index (χ4v) is 3.40. The molecule has 28 heavy (non-hydrogen) atoms. The second-order valence-corrected chi connectivity index (χ2v) is 6.74. The summed E-state index contributed by atoms with van der Waals surface area (Å²) in [4.78, 5) is 22.8. The van der Waals surface area contributed by atoms with Crippen LogP contribution < -0.4 is 5.32 Å². The van der Waals surface area contributed by atoms with Crippen LogP contribution in [0.3, 0.4) is 0 Å². The summed E-state index contributed by atoms with van der Waals surface area (Å²) in [6, 6.07) is 12.2. The molecule has 3 rings (SSSR count). The Kier molecular flexibility index (Phi) is 5.99. The Morgan fingerprint density at radius 2 is 1.93 bits per heavy atom. The highest BCUT2D eigenvalue weighted by Crippen LogP contribution is 2.26. The zero-order chi connectivity index (χ0) is 20.1. The summed E-state index contributed by atoms with van der Waals surface area (Å²) in [5, 5.41) is 22.3. The Labute approximate surface area is 163 Å². The van der Waals surface area contributed by atoms with Crippen molar-refractivity contribution in [3.05, 3.63) is 81.4 Å². The molecule has 1 heterocycles. The van der Waals surface area contributed by atoms with Gasteiger partial charge in [0.05, 0.1) is 17.0 Å². The summed E-state index contributed by atoms with van der Waals surface area (Å²) in [5.41, 5.74) is 0.583. The number of nitro groups is 1. The first-order valence-electron chi connectivity index (χ1n) is 8.23. The van der Waals surface area contributed by atoms with Gasteiger partial charge in [0, 0.05) is 24.4 Å². The minimum atomic E-state index is -0.598. The molecule has 0 saturated heterocycles. The summed E-state index contributed by atoms with van der Waals surface area (Å²) in [6.45, 7) is 0.0721. The van der Waals surface area contributed by atoms with E-state index in [9.17, 15) is 19.3 Å². The first kappa shape index (κ1) is 19.5. The number of thioether (sulfide) groups is 1. The van der Waals surface area contributed by atoms with E-state index in [1.165, 1.54) is 36.0 Å². The summed E-state index contributed by atoms with van der Waals surface area (Å²) >= 11 is 1.30. The van der Waals surface area contributed by atoms with Crippen LogP contribution in [0.25, 0.3) is 0 Å². The first-order valence-corrected chi connectivity index (χ1v) is 9.22. The largest absolute Gasteiger partial charge is 0.345 e. The molecule has 0 aliphatic carbocycles. The van der Waals surface area contributed by atoms with Gasteiger partial charge in [-0.15, -0.1) is 10.2 Å². The molecule has 0 aliphatic rings. The van der Waals surface area contributed by atoms with Gasteiger partial charge in [0.1, 0.15) is 5.82 Å². The van der Waals surface area contributed by atoms with E-state index in [0.717, 1.165) is 0 Å². The number of carbonyl (C=O) groups excluding carboxylic acids is 1. The molecule has 2 aromatic carbocycles.